The van der Waals surface area contributed by atoms with Crippen molar-refractivity contribution in [2.24, 2.45) is 4.99 Å². The van der Waals surface area contributed by atoms with Gasteiger partial charge in [0.05, 0.1) is 13.1 Å². The van der Waals surface area contributed by atoms with Crippen LogP contribution in [0.2, 0.25) is 0 Å². The van der Waals surface area contributed by atoms with E-state index in [2.05, 4.69) is 10.3 Å². The van der Waals surface area contributed by atoms with Crippen LogP contribution >= 0.6 is 0 Å². The molecule has 1 saturated heterocycles. The number of rotatable bonds is 2. The van der Waals surface area contributed by atoms with Crippen LogP contribution in [0, 0.1) is 0 Å². The summed E-state index contributed by atoms with van der Waals surface area (Å²) in [4.78, 5) is 32.4. The van der Waals surface area contributed by atoms with E-state index >= 15 is 0 Å². The fourth-order valence-electron chi connectivity index (χ4n) is 2.71. The second-order valence-corrected chi connectivity index (χ2v) is 7.13. The van der Waals surface area contributed by atoms with Gasteiger partial charge in [-0.05, 0) is 40.5 Å². The normalized spacial score (nSPS) is 20.1. The molecule has 2 aliphatic rings. The maximum atomic E-state index is 12.3. The molecule has 0 saturated carbocycles. The van der Waals surface area contributed by atoms with Gasteiger partial charge in [0.1, 0.15) is 17.5 Å². The minimum Gasteiger partial charge on any atom is -0.444 e. The van der Waals surface area contributed by atoms with Gasteiger partial charge in [0, 0.05) is 19.6 Å². The van der Waals surface area contributed by atoms with Gasteiger partial charge < -0.3 is 15.0 Å². The Morgan fingerprint density at radius 1 is 1.17 bits per heavy atom. The smallest absolute Gasteiger partial charge is 0.410 e. The highest BCUT2D eigenvalue weighted by Gasteiger charge is 2.28. The van der Waals surface area contributed by atoms with Gasteiger partial charge in [0.2, 0.25) is 5.91 Å². The van der Waals surface area contributed by atoms with Crippen LogP contribution in [0.1, 0.15) is 40.5 Å². The molecule has 2 rings (SSSR count). The molecule has 1 unspecified atom stereocenters. The Balaban J connectivity index is 1.87. The molecule has 0 bridgehead atoms. The van der Waals surface area contributed by atoms with Gasteiger partial charge in [-0.25, -0.2) is 4.79 Å². The van der Waals surface area contributed by atoms with Crippen LogP contribution in [0.4, 0.5) is 4.79 Å². The number of hydrogen-bond acceptors (Lipinski definition) is 5. The molecule has 130 valence electrons. The number of carbonyl (C=O) groups excluding carboxylic acids is 2. The van der Waals surface area contributed by atoms with E-state index in [1.54, 1.807) is 4.90 Å². The van der Waals surface area contributed by atoms with Gasteiger partial charge >= 0.3 is 6.09 Å². The lowest BCUT2D eigenvalue weighted by molar-refractivity contribution is -0.131. The van der Waals surface area contributed by atoms with Gasteiger partial charge in [-0.15, -0.1) is 0 Å². The highest BCUT2D eigenvalue weighted by Crippen LogP contribution is 2.12. The largest absolute Gasteiger partial charge is 0.444 e. The topological polar surface area (TPSA) is 74.2 Å². The van der Waals surface area contributed by atoms with Gasteiger partial charge in [0.15, 0.2) is 0 Å². The van der Waals surface area contributed by atoms with E-state index < -0.39 is 5.60 Å². The Kier molecular flexibility index (Phi) is 5.49. The van der Waals surface area contributed by atoms with Crippen molar-refractivity contribution < 1.29 is 14.3 Å². The molecule has 0 aromatic heterocycles. The van der Waals surface area contributed by atoms with Crippen molar-refractivity contribution in [1.82, 2.24) is 15.1 Å². The molecule has 2 amide bonds. The molecule has 7 heteroatoms. The van der Waals surface area contributed by atoms with Crippen molar-refractivity contribution in [3.05, 3.63) is 0 Å². The van der Waals surface area contributed by atoms with E-state index in [4.69, 9.17) is 4.74 Å². The van der Waals surface area contributed by atoms with Crippen molar-refractivity contribution in [1.29, 1.82) is 0 Å². The van der Waals surface area contributed by atoms with Gasteiger partial charge in [-0.1, -0.05) is 0 Å². The first-order valence-corrected chi connectivity index (χ1v) is 8.33. The summed E-state index contributed by atoms with van der Waals surface area (Å²) in [6, 6.07) is -0.328. The lowest BCUT2D eigenvalue weighted by Gasteiger charge is -2.31. The molecular weight excluding hydrogens is 296 g/mol. The van der Waals surface area contributed by atoms with Crippen LogP contribution in [-0.2, 0) is 9.53 Å². The highest BCUT2D eigenvalue weighted by molar-refractivity contribution is 5.92. The summed E-state index contributed by atoms with van der Waals surface area (Å²) in [7, 11) is 0. The lowest BCUT2D eigenvalue weighted by atomic mass is 10.2. The number of nitrogens with one attached hydrogen (secondary N) is 1. The number of amidine groups is 1. The van der Waals surface area contributed by atoms with Gasteiger partial charge in [0.25, 0.3) is 0 Å². The summed E-state index contributed by atoms with van der Waals surface area (Å²) in [6.45, 7) is 10.5. The van der Waals surface area contributed by atoms with Gasteiger partial charge in [-0.2, -0.15) is 0 Å². The third kappa shape index (κ3) is 5.11. The van der Waals surface area contributed by atoms with Crippen LogP contribution in [0.5, 0.6) is 0 Å². The minimum atomic E-state index is -0.516. The summed E-state index contributed by atoms with van der Waals surface area (Å²) in [5.41, 5.74) is -0.516. The molecular formula is C16H28N4O3. The monoisotopic (exact) mass is 324 g/mol. The number of aliphatic imine (C=N–C) groups is 1. The molecule has 1 atom stereocenters. The summed E-state index contributed by atoms with van der Waals surface area (Å²) in [5, 5.41) is 3.15. The van der Waals surface area contributed by atoms with Crippen LogP contribution in [-0.4, -0.2) is 72.0 Å². The van der Waals surface area contributed by atoms with Crippen molar-refractivity contribution >= 4 is 17.8 Å². The van der Waals surface area contributed by atoms with E-state index in [1.165, 1.54) is 0 Å². The quantitative estimate of drug-likeness (QED) is 0.829. The number of amides is 2. The molecule has 2 heterocycles. The number of carbonyl (C=O) groups is 2. The Bertz CT molecular complexity index is 478. The molecule has 7 nitrogen and oxygen atoms in total. The Morgan fingerprint density at radius 3 is 2.43 bits per heavy atom. The fraction of sp³-hybridized carbons (Fsp3) is 0.812. The molecule has 1 N–H and O–H groups in total. The van der Waals surface area contributed by atoms with Crippen molar-refractivity contribution in [2.75, 3.05) is 32.7 Å². The van der Waals surface area contributed by atoms with Crippen molar-refractivity contribution in [2.45, 2.75) is 52.2 Å². The lowest BCUT2D eigenvalue weighted by Crippen LogP contribution is -2.52. The Hall–Kier alpha value is -1.79. The van der Waals surface area contributed by atoms with E-state index in [-0.39, 0.29) is 18.0 Å². The van der Waals surface area contributed by atoms with E-state index in [0.29, 0.717) is 25.5 Å². The van der Waals surface area contributed by atoms with Crippen LogP contribution in [0.15, 0.2) is 4.99 Å². The first-order valence-electron chi connectivity index (χ1n) is 8.33. The molecule has 1 fully saturated rings. The third-order valence-electron chi connectivity index (χ3n) is 3.84. The third-order valence-corrected chi connectivity index (χ3v) is 3.84. The first kappa shape index (κ1) is 17.6. The molecule has 0 aromatic rings. The number of ether oxygens (including phenoxy) is 1. The standard InChI is InChI=1S/C16H28N4O3/c1-12(14(21)19-8-5-6-9-19)18-13-11-20(10-7-17-13)15(22)23-16(2,3)4/h12H,5-11H2,1-4H3,(H,17,18). The molecule has 0 aromatic carbocycles. The van der Waals surface area contributed by atoms with Gasteiger partial charge in [-0.3, -0.25) is 14.7 Å². The van der Waals surface area contributed by atoms with E-state index in [1.807, 2.05) is 32.6 Å². The summed E-state index contributed by atoms with van der Waals surface area (Å²) in [6.07, 6.45) is 1.81. The fourth-order valence-corrected chi connectivity index (χ4v) is 2.71. The van der Waals surface area contributed by atoms with Crippen molar-refractivity contribution in [3.63, 3.8) is 0 Å². The average Bonchev–Trinajstić information content (AvgIpc) is 2.99. The zero-order valence-electron chi connectivity index (χ0n) is 14.6. The predicted octanol–water partition coefficient (Wildman–Crippen LogP) is 1.24. The molecule has 2 aliphatic heterocycles. The predicted molar refractivity (Wildman–Crippen MR) is 88.5 cm³/mol. The zero-order valence-corrected chi connectivity index (χ0v) is 14.6. The summed E-state index contributed by atoms with van der Waals surface area (Å²) < 4.78 is 5.39. The minimum absolute atomic E-state index is 0.0968. The maximum absolute atomic E-state index is 12.3. The second-order valence-electron chi connectivity index (χ2n) is 7.13. The SMILES string of the molecule is CC(NC1=NCCN(C(=O)OC(C)(C)C)C1)C(=O)N1CCCC1. The van der Waals surface area contributed by atoms with Crippen LogP contribution < -0.4 is 5.32 Å². The first-order chi connectivity index (χ1) is 10.8. The van der Waals surface area contributed by atoms with Crippen molar-refractivity contribution in [3.8, 4) is 0 Å². The van der Waals surface area contributed by atoms with Crippen LogP contribution in [0.3, 0.4) is 0 Å². The Labute approximate surface area is 138 Å². The second kappa shape index (κ2) is 7.19. The molecule has 0 aliphatic carbocycles. The number of nitrogens with zero attached hydrogens (tertiary/aromatic N) is 3. The maximum Gasteiger partial charge on any atom is 0.410 e. The zero-order chi connectivity index (χ0) is 17.0. The summed E-state index contributed by atoms with van der Waals surface area (Å²) in [5.74, 6) is 0.766. The molecule has 0 radical (unpaired) electrons. The number of likely N-dealkylation sites (tertiary alicyclic amines) is 1. The van der Waals surface area contributed by atoms with E-state index in [9.17, 15) is 9.59 Å². The van der Waals surface area contributed by atoms with E-state index in [0.717, 1.165) is 25.9 Å². The number of hydrogen-bond donors (Lipinski definition) is 1. The molecule has 23 heavy (non-hydrogen) atoms. The highest BCUT2D eigenvalue weighted by atomic mass is 16.6. The average molecular weight is 324 g/mol. The van der Waals surface area contributed by atoms with Crippen LogP contribution in [0.25, 0.3) is 0 Å². The Morgan fingerprint density at radius 2 is 1.83 bits per heavy atom. The summed E-state index contributed by atoms with van der Waals surface area (Å²) >= 11 is 0. The molecule has 0 spiro atoms.